The van der Waals surface area contributed by atoms with Gasteiger partial charge in [-0.2, -0.15) is 5.10 Å². The molecule has 0 saturated carbocycles. The Hall–Kier alpha value is -1.47. The van der Waals surface area contributed by atoms with E-state index in [2.05, 4.69) is 26.9 Å². The van der Waals surface area contributed by atoms with Crippen molar-refractivity contribution in [1.82, 2.24) is 24.6 Å². The Labute approximate surface area is 109 Å². The van der Waals surface area contributed by atoms with Crippen LogP contribution >= 0.6 is 11.3 Å². The maximum Gasteiger partial charge on any atom is 0.343 e. The van der Waals surface area contributed by atoms with Gasteiger partial charge in [0.1, 0.15) is 5.82 Å². The fourth-order valence-electron chi connectivity index (χ4n) is 1.87. The first kappa shape index (κ1) is 13.0. The standard InChI is InChI=1S/C11H17N5OS/c1-8(10-12-4-5-18-10)6-15(2)7-9-13-11(17)16(3)14-9/h4-5,8H,6-7H2,1-3H3,(H,13,14,17). The Morgan fingerprint density at radius 1 is 1.61 bits per heavy atom. The summed E-state index contributed by atoms with van der Waals surface area (Å²) in [7, 11) is 3.65. The highest BCUT2D eigenvalue weighted by Crippen LogP contribution is 2.18. The molecule has 0 aliphatic carbocycles. The topological polar surface area (TPSA) is 66.8 Å². The fourth-order valence-corrected chi connectivity index (χ4v) is 2.56. The largest absolute Gasteiger partial charge is 0.343 e. The highest BCUT2D eigenvalue weighted by molar-refractivity contribution is 7.09. The molecule has 2 aromatic heterocycles. The first-order valence-electron chi connectivity index (χ1n) is 5.76. The number of aromatic amines is 1. The predicted molar refractivity (Wildman–Crippen MR) is 70.7 cm³/mol. The second-order valence-corrected chi connectivity index (χ2v) is 5.39. The van der Waals surface area contributed by atoms with Crippen molar-refractivity contribution in [2.75, 3.05) is 13.6 Å². The zero-order valence-corrected chi connectivity index (χ0v) is 11.6. The molecule has 0 fully saturated rings. The molecule has 2 rings (SSSR count). The third-order valence-electron chi connectivity index (χ3n) is 2.69. The summed E-state index contributed by atoms with van der Waals surface area (Å²) in [5.74, 6) is 1.07. The maximum atomic E-state index is 11.2. The van der Waals surface area contributed by atoms with Crippen LogP contribution in [0.25, 0.3) is 0 Å². The highest BCUT2D eigenvalue weighted by atomic mass is 32.1. The summed E-state index contributed by atoms with van der Waals surface area (Å²) >= 11 is 1.67. The van der Waals surface area contributed by atoms with Crippen LogP contribution < -0.4 is 5.69 Å². The molecule has 1 unspecified atom stereocenters. The number of rotatable bonds is 5. The van der Waals surface area contributed by atoms with E-state index in [-0.39, 0.29) is 5.69 Å². The normalized spacial score (nSPS) is 13.1. The molecule has 0 amide bonds. The Morgan fingerprint density at radius 2 is 2.39 bits per heavy atom. The molecule has 0 spiro atoms. The number of likely N-dealkylation sites (N-methyl/N-ethyl adjacent to an activating group) is 1. The molecule has 0 saturated heterocycles. The number of nitrogens with one attached hydrogen (secondary N) is 1. The third-order valence-corrected chi connectivity index (χ3v) is 3.70. The van der Waals surface area contributed by atoms with E-state index in [0.29, 0.717) is 18.3 Å². The Kier molecular flexibility index (Phi) is 3.93. The Balaban J connectivity index is 1.92. The van der Waals surface area contributed by atoms with Crippen molar-refractivity contribution in [3.8, 4) is 0 Å². The van der Waals surface area contributed by atoms with E-state index in [1.54, 1.807) is 18.4 Å². The number of nitrogens with zero attached hydrogens (tertiary/aromatic N) is 4. The van der Waals surface area contributed by atoms with Gasteiger partial charge in [0.05, 0.1) is 11.6 Å². The van der Waals surface area contributed by atoms with Crippen LogP contribution in [0.5, 0.6) is 0 Å². The van der Waals surface area contributed by atoms with Gasteiger partial charge < -0.3 is 0 Å². The average Bonchev–Trinajstić information content (AvgIpc) is 2.89. The number of aryl methyl sites for hydroxylation is 1. The molecule has 6 nitrogen and oxygen atoms in total. The van der Waals surface area contributed by atoms with E-state index in [1.165, 1.54) is 4.68 Å². The zero-order valence-electron chi connectivity index (χ0n) is 10.8. The Morgan fingerprint density at radius 3 is 2.94 bits per heavy atom. The number of H-pyrrole nitrogens is 1. The summed E-state index contributed by atoms with van der Waals surface area (Å²) in [6.45, 7) is 3.66. The second kappa shape index (κ2) is 5.45. The fraction of sp³-hybridized carbons (Fsp3) is 0.545. The summed E-state index contributed by atoms with van der Waals surface area (Å²) in [6.07, 6.45) is 1.83. The molecule has 18 heavy (non-hydrogen) atoms. The maximum absolute atomic E-state index is 11.2. The summed E-state index contributed by atoms with van der Waals surface area (Å²) in [6, 6.07) is 0. The average molecular weight is 267 g/mol. The first-order chi connectivity index (χ1) is 8.56. The van der Waals surface area contributed by atoms with Crippen molar-refractivity contribution < 1.29 is 0 Å². The van der Waals surface area contributed by atoms with Crippen molar-refractivity contribution in [3.63, 3.8) is 0 Å². The number of aromatic nitrogens is 4. The lowest BCUT2D eigenvalue weighted by atomic mass is 10.2. The minimum Gasteiger partial charge on any atom is -0.298 e. The van der Waals surface area contributed by atoms with E-state index in [9.17, 15) is 4.79 Å². The quantitative estimate of drug-likeness (QED) is 0.870. The van der Waals surface area contributed by atoms with Gasteiger partial charge in [0, 0.05) is 31.1 Å². The molecule has 0 aliphatic rings. The minimum atomic E-state index is -0.175. The van der Waals surface area contributed by atoms with Crippen molar-refractivity contribution in [2.45, 2.75) is 19.4 Å². The molecule has 2 heterocycles. The van der Waals surface area contributed by atoms with Crippen LogP contribution in [0.15, 0.2) is 16.4 Å². The van der Waals surface area contributed by atoms with Crippen LogP contribution in [0.1, 0.15) is 23.7 Å². The van der Waals surface area contributed by atoms with Crippen LogP contribution in [0.2, 0.25) is 0 Å². The van der Waals surface area contributed by atoms with Crippen molar-refractivity contribution in [3.05, 3.63) is 32.9 Å². The van der Waals surface area contributed by atoms with E-state index < -0.39 is 0 Å². The van der Waals surface area contributed by atoms with Gasteiger partial charge in [0.25, 0.3) is 0 Å². The molecule has 0 bridgehead atoms. The highest BCUT2D eigenvalue weighted by Gasteiger charge is 2.12. The van der Waals surface area contributed by atoms with Gasteiger partial charge in [-0.25, -0.2) is 14.5 Å². The smallest absolute Gasteiger partial charge is 0.298 e. The van der Waals surface area contributed by atoms with Crippen LogP contribution in [-0.4, -0.2) is 38.2 Å². The number of thiazole rings is 1. The van der Waals surface area contributed by atoms with Crippen LogP contribution in [0.4, 0.5) is 0 Å². The van der Waals surface area contributed by atoms with Crippen LogP contribution in [-0.2, 0) is 13.6 Å². The SMILES string of the molecule is CC(CN(C)Cc1nn(C)c(=O)[nH]1)c1nccs1. The van der Waals surface area contributed by atoms with Crippen LogP contribution in [0.3, 0.4) is 0 Å². The first-order valence-corrected chi connectivity index (χ1v) is 6.64. The van der Waals surface area contributed by atoms with Gasteiger partial charge in [-0.3, -0.25) is 9.88 Å². The van der Waals surface area contributed by atoms with Crippen LogP contribution in [0, 0.1) is 0 Å². The lowest BCUT2D eigenvalue weighted by Gasteiger charge is -2.18. The zero-order chi connectivity index (χ0) is 13.1. The van der Waals surface area contributed by atoms with E-state index in [1.807, 2.05) is 18.6 Å². The summed E-state index contributed by atoms with van der Waals surface area (Å²) in [5.41, 5.74) is -0.175. The van der Waals surface area contributed by atoms with Crippen molar-refractivity contribution in [1.29, 1.82) is 0 Å². The van der Waals surface area contributed by atoms with E-state index in [4.69, 9.17) is 0 Å². The molecule has 7 heteroatoms. The van der Waals surface area contributed by atoms with E-state index >= 15 is 0 Å². The van der Waals surface area contributed by atoms with E-state index in [0.717, 1.165) is 11.6 Å². The van der Waals surface area contributed by atoms with Gasteiger partial charge in [-0.05, 0) is 7.05 Å². The molecule has 0 aromatic carbocycles. The molecular weight excluding hydrogens is 250 g/mol. The second-order valence-electron chi connectivity index (χ2n) is 4.47. The number of hydrogen-bond acceptors (Lipinski definition) is 5. The summed E-state index contributed by atoms with van der Waals surface area (Å²) in [4.78, 5) is 20.4. The lowest BCUT2D eigenvalue weighted by Crippen LogP contribution is -2.23. The predicted octanol–water partition coefficient (Wildman–Crippen LogP) is 0.800. The van der Waals surface area contributed by atoms with Gasteiger partial charge in [-0.15, -0.1) is 11.3 Å². The van der Waals surface area contributed by atoms with Gasteiger partial charge >= 0.3 is 5.69 Å². The molecule has 2 aromatic rings. The van der Waals surface area contributed by atoms with Crippen molar-refractivity contribution >= 4 is 11.3 Å². The minimum absolute atomic E-state index is 0.175. The molecule has 0 aliphatic heterocycles. The molecule has 1 atom stereocenters. The number of hydrogen-bond donors (Lipinski definition) is 1. The van der Waals surface area contributed by atoms with Gasteiger partial charge in [-0.1, -0.05) is 6.92 Å². The van der Waals surface area contributed by atoms with Crippen molar-refractivity contribution in [2.24, 2.45) is 7.05 Å². The lowest BCUT2D eigenvalue weighted by molar-refractivity contribution is 0.301. The van der Waals surface area contributed by atoms with Gasteiger partial charge in [0.2, 0.25) is 0 Å². The monoisotopic (exact) mass is 267 g/mol. The summed E-state index contributed by atoms with van der Waals surface area (Å²) in [5, 5.41) is 7.24. The molecule has 98 valence electrons. The third kappa shape index (κ3) is 3.05. The Bertz CT molecular complexity index is 544. The molecular formula is C11H17N5OS. The van der Waals surface area contributed by atoms with Gasteiger partial charge in [0.15, 0.2) is 0 Å². The summed E-state index contributed by atoms with van der Waals surface area (Å²) < 4.78 is 1.31. The molecule has 0 radical (unpaired) electrons. The molecule has 1 N–H and O–H groups in total.